The molecule has 0 heterocycles. The summed E-state index contributed by atoms with van der Waals surface area (Å²) in [6.45, 7) is 2.52. The number of nitrogens with one attached hydrogen (secondary N) is 1. The first kappa shape index (κ1) is 25.2. The number of halogens is 6. The first-order valence-electron chi connectivity index (χ1n) is 9.66. The van der Waals surface area contributed by atoms with E-state index >= 15 is 0 Å². The second-order valence-corrected chi connectivity index (χ2v) is 8.41. The van der Waals surface area contributed by atoms with E-state index in [9.17, 15) is 13.2 Å². The predicted molar refractivity (Wildman–Crippen MR) is 129 cm³/mol. The zero-order valence-corrected chi connectivity index (χ0v) is 20.3. The quantitative estimate of drug-likeness (QED) is 0.223. The molecule has 4 nitrogen and oxygen atoms in total. The van der Waals surface area contributed by atoms with Crippen LogP contribution in [0.2, 0.25) is 10.0 Å². The number of anilines is 1. The Balaban J connectivity index is 1.72. The number of rotatable bonds is 8. The lowest BCUT2D eigenvalue weighted by molar-refractivity contribution is -0.137. The zero-order chi connectivity index (χ0) is 24.0. The maximum absolute atomic E-state index is 12.7. The number of benzene rings is 3. The van der Waals surface area contributed by atoms with Gasteiger partial charge in [-0.3, -0.25) is 5.43 Å². The topological polar surface area (TPSA) is 42.8 Å². The molecule has 0 spiro atoms. The van der Waals surface area contributed by atoms with Gasteiger partial charge in [-0.05, 0) is 82.5 Å². The average Bonchev–Trinajstić information content (AvgIpc) is 2.75. The van der Waals surface area contributed by atoms with Crippen LogP contribution in [0.15, 0.2) is 64.2 Å². The molecule has 0 amide bonds. The van der Waals surface area contributed by atoms with Crippen LogP contribution in [0.3, 0.4) is 0 Å². The van der Waals surface area contributed by atoms with E-state index in [1.165, 1.54) is 18.3 Å². The molecule has 3 rings (SSSR count). The van der Waals surface area contributed by atoms with Gasteiger partial charge in [0.05, 0.1) is 38.6 Å². The Morgan fingerprint density at radius 3 is 2.36 bits per heavy atom. The fourth-order valence-electron chi connectivity index (χ4n) is 2.77. The average molecular weight is 562 g/mol. The Labute approximate surface area is 207 Å². The maximum atomic E-state index is 12.7. The van der Waals surface area contributed by atoms with E-state index in [1.807, 2.05) is 13.0 Å². The molecule has 0 saturated heterocycles. The van der Waals surface area contributed by atoms with Crippen molar-refractivity contribution in [2.24, 2.45) is 5.10 Å². The zero-order valence-electron chi connectivity index (χ0n) is 17.2. The van der Waals surface area contributed by atoms with Crippen LogP contribution in [0.4, 0.5) is 18.9 Å². The highest BCUT2D eigenvalue weighted by Gasteiger charge is 2.29. The summed E-state index contributed by atoms with van der Waals surface area (Å²) in [7, 11) is 0. The van der Waals surface area contributed by atoms with Gasteiger partial charge < -0.3 is 9.47 Å². The van der Waals surface area contributed by atoms with Gasteiger partial charge in [-0.15, -0.1) is 0 Å². The minimum Gasteiger partial charge on any atom is -0.490 e. The fourth-order valence-corrected chi connectivity index (χ4v) is 3.66. The van der Waals surface area contributed by atoms with Crippen LogP contribution in [0.25, 0.3) is 0 Å². The molecule has 0 aliphatic carbocycles. The van der Waals surface area contributed by atoms with Crippen molar-refractivity contribution in [3.63, 3.8) is 0 Å². The summed E-state index contributed by atoms with van der Waals surface area (Å²) in [5.74, 6) is 1.01. The van der Waals surface area contributed by atoms with Crippen molar-refractivity contribution in [2.45, 2.75) is 19.7 Å². The molecule has 0 aromatic heterocycles. The minimum absolute atomic E-state index is 0.248. The molecule has 0 bridgehead atoms. The van der Waals surface area contributed by atoms with Crippen molar-refractivity contribution in [1.29, 1.82) is 0 Å². The fraction of sp³-hybridized carbons (Fsp3) is 0.174. The van der Waals surface area contributed by atoms with E-state index in [4.69, 9.17) is 32.7 Å². The molecule has 0 aliphatic rings. The van der Waals surface area contributed by atoms with Crippen LogP contribution in [0, 0.1) is 0 Å². The maximum Gasteiger partial charge on any atom is 0.416 e. The summed E-state index contributed by atoms with van der Waals surface area (Å²) in [4.78, 5) is 0. The highest BCUT2D eigenvalue weighted by atomic mass is 79.9. The van der Waals surface area contributed by atoms with Gasteiger partial charge in [0.2, 0.25) is 0 Å². The number of hydrogen-bond donors (Lipinski definition) is 1. The molecule has 0 aliphatic heterocycles. The van der Waals surface area contributed by atoms with E-state index in [2.05, 4.69) is 26.5 Å². The van der Waals surface area contributed by atoms with E-state index < -0.39 is 11.7 Å². The summed E-state index contributed by atoms with van der Waals surface area (Å²) in [6.07, 6.45) is -2.86. The van der Waals surface area contributed by atoms with Gasteiger partial charge >= 0.3 is 6.18 Å². The molecule has 3 aromatic carbocycles. The molecule has 3 aromatic rings. The number of hydrazone groups is 1. The normalized spacial score (nSPS) is 11.6. The molecule has 0 atom stereocenters. The van der Waals surface area contributed by atoms with Gasteiger partial charge in [0, 0.05) is 0 Å². The second kappa shape index (κ2) is 11.1. The van der Waals surface area contributed by atoms with E-state index in [1.54, 1.807) is 24.3 Å². The molecule has 1 N–H and O–H groups in total. The molecule has 0 saturated carbocycles. The number of ether oxygens (including phenoxy) is 2. The molecule has 174 valence electrons. The molecule has 0 fully saturated rings. The lowest BCUT2D eigenvalue weighted by atomic mass is 10.2. The van der Waals surface area contributed by atoms with Gasteiger partial charge in [-0.25, -0.2) is 0 Å². The largest absolute Gasteiger partial charge is 0.490 e. The van der Waals surface area contributed by atoms with E-state index in [0.717, 1.165) is 17.7 Å². The van der Waals surface area contributed by atoms with Crippen LogP contribution in [-0.2, 0) is 12.8 Å². The Kier molecular flexibility index (Phi) is 8.51. The van der Waals surface area contributed by atoms with Gasteiger partial charge in [0.25, 0.3) is 0 Å². The SMILES string of the molecule is CCOc1cc(/C=N/Nc2ccc(C(F)(F)F)cc2)cc(Br)c1OCc1ccc(Cl)c(Cl)c1. The Bertz CT molecular complexity index is 1140. The standard InChI is InChI=1S/C23H18BrCl2F3N2O2/c1-2-32-21-11-15(12-30-31-17-6-4-16(5-7-17)23(27,28)29)9-18(24)22(21)33-13-14-3-8-19(25)20(26)10-14/h3-12,31H,2,13H2,1H3/b30-12+. The van der Waals surface area contributed by atoms with Crippen LogP contribution < -0.4 is 14.9 Å². The van der Waals surface area contributed by atoms with E-state index in [0.29, 0.717) is 43.9 Å². The first-order valence-corrected chi connectivity index (χ1v) is 11.2. The highest BCUT2D eigenvalue weighted by molar-refractivity contribution is 9.10. The molecule has 10 heteroatoms. The third kappa shape index (κ3) is 7.03. The highest BCUT2D eigenvalue weighted by Crippen LogP contribution is 2.37. The molecular formula is C23H18BrCl2F3N2O2. The summed E-state index contributed by atoms with van der Waals surface area (Å²) >= 11 is 15.5. The van der Waals surface area contributed by atoms with Crippen molar-refractivity contribution < 1.29 is 22.6 Å². The van der Waals surface area contributed by atoms with Gasteiger partial charge in [0.15, 0.2) is 11.5 Å². The Hall–Kier alpha value is -2.42. The predicted octanol–water partition coefficient (Wildman–Crippen LogP) is 8.20. The van der Waals surface area contributed by atoms with Gasteiger partial charge in [-0.1, -0.05) is 29.3 Å². The summed E-state index contributed by atoms with van der Waals surface area (Å²) in [5.41, 5.74) is 3.93. The van der Waals surface area contributed by atoms with Crippen molar-refractivity contribution in [1.82, 2.24) is 0 Å². The van der Waals surface area contributed by atoms with Crippen molar-refractivity contribution in [2.75, 3.05) is 12.0 Å². The van der Waals surface area contributed by atoms with Crippen molar-refractivity contribution in [3.05, 3.63) is 85.8 Å². The molecular weight excluding hydrogens is 544 g/mol. The summed E-state index contributed by atoms with van der Waals surface area (Å²) < 4.78 is 50.3. The van der Waals surface area contributed by atoms with Crippen LogP contribution in [-0.4, -0.2) is 12.8 Å². The van der Waals surface area contributed by atoms with Gasteiger partial charge in [0.1, 0.15) is 6.61 Å². The number of alkyl halides is 3. The van der Waals surface area contributed by atoms with Crippen molar-refractivity contribution >= 4 is 51.0 Å². The van der Waals surface area contributed by atoms with E-state index in [-0.39, 0.29) is 6.61 Å². The number of nitrogens with zero attached hydrogens (tertiary/aromatic N) is 1. The summed E-state index contributed by atoms with van der Waals surface area (Å²) in [6, 6.07) is 13.4. The first-order chi connectivity index (χ1) is 15.7. The summed E-state index contributed by atoms with van der Waals surface area (Å²) in [5, 5.41) is 4.99. The van der Waals surface area contributed by atoms with Gasteiger partial charge in [-0.2, -0.15) is 18.3 Å². The van der Waals surface area contributed by atoms with Crippen LogP contribution >= 0.6 is 39.1 Å². The molecule has 0 radical (unpaired) electrons. The Morgan fingerprint density at radius 1 is 1.00 bits per heavy atom. The lowest BCUT2D eigenvalue weighted by Crippen LogP contribution is -2.04. The smallest absolute Gasteiger partial charge is 0.416 e. The number of hydrogen-bond acceptors (Lipinski definition) is 4. The molecule has 0 unspecified atom stereocenters. The monoisotopic (exact) mass is 560 g/mol. The Morgan fingerprint density at radius 2 is 1.73 bits per heavy atom. The lowest BCUT2D eigenvalue weighted by Gasteiger charge is -2.15. The van der Waals surface area contributed by atoms with Crippen molar-refractivity contribution in [3.8, 4) is 11.5 Å². The third-order valence-electron chi connectivity index (χ3n) is 4.32. The minimum atomic E-state index is -4.38. The van der Waals surface area contributed by atoms with Crippen LogP contribution in [0.5, 0.6) is 11.5 Å². The van der Waals surface area contributed by atoms with Crippen LogP contribution in [0.1, 0.15) is 23.6 Å². The molecule has 33 heavy (non-hydrogen) atoms. The third-order valence-corrected chi connectivity index (χ3v) is 5.65. The second-order valence-electron chi connectivity index (χ2n) is 6.75.